The quantitative estimate of drug-likeness (QED) is 0.459. The van der Waals surface area contributed by atoms with E-state index in [9.17, 15) is 4.79 Å². The minimum absolute atomic E-state index is 0.0208. The Morgan fingerprint density at radius 3 is 1.69 bits per heavy atom. The summed E-state index contributed by atoms with van der Waals surface area (Å²) < 4.78 is 25.2. The van der Waals surface area contributed by atoms with Gasteiger partial charge in [0.1, 0.15) is 6.04 Å². The number of halogens is 1. The van der Waals surface area contributed by atoms with E-state index in [0.29, 0.717) is 0 Å². The normalized spacial score (nSPS) is 13.1. The predicted molar refractivity (Wildman–Crippen MR) is 47.9 cm³/mol. The standard InChI is InChI=1S/C5H11NO2.ClHO3S/c1-3(2)4(6)5(7)8;1-5(2,3)4/h3-4H,6H2,1-2H3,(H,7,8);(H,2,3,4)/t4-;/m0./s1. The molecule has 4 N–H and O–H groups in total. The molecule has 0 aliphatic heterocycles. The zero-order chi connectivity index (χ0) is 11.2. The van der Waals surface area contributed by atoms with Gasteiger partial charge in [-0.25, -0.2) is 0 Å². The molecule has 0 amide bonds. The molecule has 0 radical (unpaired) electrons. The third-order valence-corrected chi connectivity index (χ3v) is 1.00. The molecule has 0 aliphatic carbocycles. The van der Waals surface area contributed by atoms with E-state index in [4.69, 9.17) is 23.8 Å². The Kier molecular flexibility index (Phi) is 7.14. The van der Waals surface area contributed by atoms with E-state index in [0.717, 1.165) is 0 Å². The lowest BCUT2D eigenvalue weighted by Crippen LogP contribution is -2.34. The van der Waals surface area contributed by atoms with Crippen LogP contribution in [-0.2, 0) is 14.1 Å². The highest BCUT2D eigenvalue weighted by molar-refractivity contribution is 8.09. The number of rotatable bonds is 2. The van der Waals surface area contributed by atoms with E-state index in [1.54, 1.807) is 13.8 Å². The Labute approximate surface area is 80.9 Å². The van der Waals surface area contributed by atoms with Gasteiger partial charge in [0.25, 0.3) is 0 Å². The van der Waals surface area contributed by atoms with E-state index >= 15 is 0 Å². The van der Waals surface area contributed by atoms with Crippen molar-refractivity contribution in [3.8, 4) is 0 Å². The number of nitrogens with two attached hydrogens (primary N) is 1. The lowest BCUT2D eigenvalue weighted by Gasteiger charge is -2.07. The van der Waals surface area contributed by atoms with Crippen LogP contribution in [0, 0.1) is 5.92 Å². The van der Waals surface area contributed by atoms with Gasteiger partial charge in [-0.15, -0.1) is 0 Å². The van der Waals surface area contributed by atoms with Crippen molar-refractivity contribution in [3.05, 3.63) is 0 Å². The number of hydrogen-bond acceptors (Lipinski definition) is 4. The minimum Gasteiger partial charge on any atom is -0.480 e. The molecule has 6 nitrogen and oxygen atoms in total. The second-order valence-electron chi connectivity index (χ2n) is 2.52. The highest BCUT2D eigenvalue weighted by atomic mass is 35.7. The maximum atomic E-state index is 10.0. The average molecular weight is 234 g/mol. The Balaban J connectivity index is 0. The van der Waals surface area contributed by atoms with Gasteiger partial charge in [0.15, 0.2) is 0 Å². The molecule has 0 saturated carbocycles. The highest BCUT2D eigenvalue weighted by Crippen LogP contribution is 1.96. The van der Waals surface area contributed by atoms with Gasteiger partial charge in [-0.05, 0) is 5.92 Å². The topological polar surface area (TPSA) is 118 Å². The first-order chi connectivity index (χ1) is 5.55. The van der Waals surface area contributed by atoms with Crippen LogP contribution in [0.5, 0.6) is 0 Å². The highest BCUT2D eigenvalue weighted by Gasteiger charge is 2.14. The maximum Gasteiger partial charge on any atom is 0.353 e. The largest absolute Gasteiger partial charge is 0.480 e. The van der Waals surface area contributed by atoms with Crippen molar-refractivity contribution in [2.45, 2.75) is 19.9 Å². The second kappa shape index (κ2) is 6.14. The number of carbonyl (C=O) groups is 1. The summed E-state index contributed by atoms with van der Waals surface area (Å²) in [4.78, 5) is 10.0. The van der Waals surface area contributed by atoms with Crippen molar-refractivity contribution < 1.29 is 22.9 Å². The van der Waals surface area contributed by atoms with Gasteiger partial charge in [-0.3, -0.25) is 9.35 Å². The molecular weight excluding hydrogens is 222 g/mol. The SMILES string of the molecule is CC(C)[C@H](N)C(=O)O.O=S(=O)(O)Cl. The minimum atomic E-state index is -4.19. The zero-order valence-corrected chi connectivity index (χ0v) is 8.71. The van der Waals surface area contributed by atoms with E-state index in [-0.39, 0.29) is 5.92 Å². The fourth-order valence-corrected chi connectivity index (χ4v) is 0.285. The summed E-state index contributed by atoms with van der Waals surface area (Å²) in [5, 5.41) is 8.23. The van der Waals surface area contributed by atoms with E-state index in [1.165, 1.54) is 0 Å². The molecule has 0 aromatic rings. The summed E-state index contributed by atoms with van der Waals surface area (Å²) in [6, 6.07) is -0.713. The zero-order valence-electron chi connectivity index (χ0n) is 7.14. The van der Waals surface area contributed by atoms with Crippen molar-refractivity contribution in [1.29, 1.82) is 0 Å². The maximum absolute atomic E-state index is 10.0. The third kappa shape index (κ3) is 18.5. The molecule has 0 spiro atoms. The monoisotopic (exact) mass is 233 g/mol. The van der Waals surface area contributed by atoms with Gasteiger partial charge in [-0.2, -0.15) is 8.42 Å². The summed E-state index contributed by atoms with van der Waals surface area (Å²) in [6.45, 7) is 3.55. The molecule has 0 aliphatic rings. The second-order valence-corrected chi connectivity index (χ2v) is 4.51. The first-order valence-corrected chi connectivity index (χ1v) is 5.47. The molecular formula is C5H12ClNO5S. The summed E-state index contributed by atoms with van der Waals surface area (Å²) in [7, 11) is -0.137. The number of carboxylic acids is 1. The molecule has 13 heavy (non-hydrogen) atoms. The Bertz CT molecular complexity index is 242. The molecule has 0 aromatic carbocycles. The molecule has 80 valence electrons. The Hall–Kier alpha value is -0.370. The lowest BCUT2D eigenvalue weighted by atomic mass is 10.1. The van der Waals surface area contributed by atoms with Gasteiger partial charge in [0.05, 0.1) is 0 Å². The number of aliphatic carboxylic acids is 1. The predicted octanol–water partition coefficient (Wildman–Crippen LogP) is 0.0823. The van der Waals surface area contributed by atoms with E-state index in [1.807, 2.05) is 0 Å². The summed E-state index contributed by atoms with van der Waals surface area (Å²) >= 11 is 0. The molecule has 0 saturated heterocycles. The molecule has 0 fully saturated rings. The van der Waals surface area contributed by atoms with Crippen molar-refractivity contribution in [1.82, 2.24) is 0 Å². The Morgan fingerprint density at radius 1 is 1.46 bits per heavy atom. The van der Waals surface area contributed by atoms with Gasteiger partial charge >= 0.3 is 15.3 Å². The molecule has 0 aromatic heterocycles. The van der Waals surface area contributed by atoms with Crippen molar-refractivity contribution in [2.75, 3.05) is 0 Å². The van der Waals surface area contributed by atoms with E-state index < -0.39 is 21.3 Å². The number of hydrogen-bond donors (Lipinski definition) is 3. The van der Waals surface area contributed by atoms with Crippen LogP contribution < -0.4 is 5.73 Å². The van der Waals surface area contributed by atoms with Crippen LogP contribution in [0.2, 0.25) is 0 Å². The molecule has 1 atom stereocenters. The fourth-order valence-electron chi connectivity index (χ4n) is 0.285. The lowest BCUT2D eigenvalue weighted by molar-refractivity contribution is -0.139. The van der Waals surface area contributed by atoms with Crippen LogP contribution in [0.4, 0.5) is 0 Å². The smallest absolute Gasteiger partial charge is 0.353 e. The van der Waals surface area contributed by atoms with Crippen LogP contribution in [0.15, 0.2) is 0 Å². The number of carboxylic acid groups (broad SMARTS) is 1. The van der Waals surface area contributed by atoms with Crippen LogP contribution in [0.25, 0.3) is 0 Å². The Morgan fingerprint density at radius 2 is 1.69 bits per heavy atom. The third-order valence-electron chi connectivity index (χ3n) is 1.00. The van der Waals surface area contributed by atoms with Crippen LogP contribution >= 0.6 is 10.7 Å². The molecule has 0 rings (SSSR count). The first-order valence-electron chi connectivity index (χ1n) is 3.21. The average Bonchev–Trinajstić information content (AvgIpc) is 1.81. The molecule has 0 heterocycles. The van der Waals surface area contributed by atoms with Crippen molar-refractivity contribution in [2.24, 2.45) is 11.7 Å². The van der Waals surface area contributed by atoms with Crippen molar-refractivity contribution in [3.63, 3.8) is 0 Å². The van der Waals surface area contributed by atoms with Crippen LogP contribution in [0.1, 0.15) is 13.8 Å². The van der Waals surface area contributed by atoms with Gasteiger partial charge in [-0.1, -0.05) is 13.8 Å². The van der Waals surface area contributed by atoms with Gasteiger partial charge in [0.2, 0.25) is 0 Å². The van der Waals surface area contributed by atoms with Gasteiger partial charge in [0, 0.05) is 10.7 Å². The van der Waals surface area contributed by atoms with Crippen LogP contribution in [-0.4, -0.2) is 30.1 Å². The molecule has 0 bridgehead atoms. The first kappa shape index (κ1) is 15.1. The van der Waals surface area contributed by atoms with Crippen molar-refractivity contribution >= 4 is 26.0 Å². The fraction of sp³-hybridized carbons (Fsp3) is 0.800. The van der Waals surface area contributed by atoms with Crippen LogP contribution in [0.3, 0.4) is 0 Å². The van der Waals surface area contributed by atoms with Gasteiger partial charge < -0.3 is 10.8 Å². The molecule has 0 unspecified atom stereocenters. The summed E-state index contributed by atoms with van der Waals surface area (Å²) in [5.74, 6) is -0.910. The molecule has 8 heteroatoms. The van der Waals surface area contributed by atoms with E-state index in [2.05, 4.69) is 10.7 Å². The summed E-state index contributed by atoms with van der Waals surface area (Å²) in [6.07, 6.45) is 0. The summed E-state index contributed by atoms with van der Waals surface area (Å²) in [5.41, 5.74) is 5.16.